The van der Waals surface area contributed by atoms with Gasteiger partial charge < -0.3 is 15.0 Å². The summed E-state index contributed by atoms with van der Waals surface area (Å²) < 4.78 is 5.45. The summed E-state index contributed by atoms with van der Waals surface area (Å²) in [5.74, 6) is -0.121. The molecule has 5 nitrogen and oxygen atoms in total. The fraction of sp³-hybridized carbons (Fsp3) is 0.238. The van der Waals surface area contributed by atoms with Gasteiger partial charge >= 0.3 is 0 Å². The summed E-state index contributed by atoms with van der Waals surface area (Å²) in [5.41, 5.74) is 4.28. The molecule has 1 aromatic heterocycles. The Kier molecular flexibility index (Phi) is 4.54. The molecule has 4 rings (SSSR count). The maximum Gasteiger partial charge on any atom is 0.257 e. The highest BCUT2D eigenvalue weighted by Crippen LogP contribution is 2.26. The minimum Gasteiger partial charge on any atom is -0.378 e. The topological polar surface area (TPSA) is 54.5 Å². The fourth-order valence-electron chi connectivity index (χ4n) is 3.29. The molecule has 1 aliphatic heterocycles. The molecule has 2 heterocycles. The Morgan fingerprint density at radius 2 is 1.92 bits per heavy atom. The first-order valence-electron chi connectivity index (χ1n) is 8.81. The first-order valence-corrected chi connectivity index (χ1v) is 8.81. The normalized spacial score (nSPS) is 14.4. The van der Waals surface area contributed by atoms with Crippen LogP contribution in [-0.4, -0.2) is 37.2 Å². The Morgan fingerprint density at radius 1 is 1.12 bits per heavy atom. The highest BCUT2D eigenvalue weighted by atomic mass is 16.5. The standard InChI is InChI=1S/C21H21N3O2/c1-15-7-8-17(19(14-15)24-10-12-26-13-11-24)21(25)23-18-6-2-4-16-5-3-9-22-20(16)18/h2-9,14H,10-13H2,1H3,(H,23,25). The van der Waals surface area contributed by atoms with Crippen molar-refractivity contribution in [3.8, 4) is 0 Å². The van der Waals surface area contributed by atoms with E-state index in [2.05, 4.69) is 21.3 Å². The molecule has 0 saturated carbocycles. The number of para-hydroxylation sites is 1. The maximum absolute atomic E-state index is 13.0. The maximum atomic E-state index is 13.0. The van der Waals surface area contributed by atoms with Crippen molar-refractivity contribution in [3.63, 3.8) is 0 Å². The lowest BCUT2D eigenvalue weighted by molar-refractivity contribution is 0.102. The van der Waals surface area contributed by atoms with E-state index < -0.39 is 0 Å². The molecule has 26 heavy (non-hydrogen) atoms. The molecule has 3 aromatic rings. The van der Waals surface area contributed by atoms with Crippen molar-refractivity contribution in [2.45, 2.75) is 6.92 Å². The Bertz CT molecular complexity index is 944. The number of morpholine rings is 1. The van der Waals surface area contributed by atoms with E-state index in [1.807, 2.05) is 49.4 Å². The van der Waals surface area contributed by atoms with Gasteiger partial charge in [0, 0.05) is 30.4 Å². The largest absolute Gasteiger partial charge is 0.378 e. The summed E-state index contributed by atoms with van der Waals surface area (Å²) in [6.07, 6.45) is 1.74. The first-order chi connectivity index (χ1) is 12.7. The fourth-order valence-corrected chi connectivity index (χ4v) is 3.29. The van der Waals surface area contributed by atoms with Crippen molar-refractivity contribution in [2.75, 3.05) is 36.5 Å². The van der Waals surface area contributed by atoms with Crippen LogP contribution in [0.25, 0.3) is 10.9 Å². The molecular formula is C21H21N3O2. The second-order valence-corrected chi connectivity index (χ2v) is 6.45. The average Bonchev–Trinajstić information content (AvgIpc) is 2.69. The van der Waals surface area contributed by atoms with E-state index in [1.54, 1.807) is 6.20 Å². The minimum atomic E-state index is -0.121. The van der Waals surface area contributed by atoms with Crippen LogP contribution in [-0.2, 0) is 4.74 Å². The number of nitrogens with zero attached hydrogens (tertiary/aromatic N) is 2. The molecule has 1 aliphatic rings. The molecule has 0 spiro atoms. The van der Waals surface area contributed by atoms with Crippen LogP contribution in [0.3, 0.4) is 0 Å². The third-order valence-corrected chi connectivity index (χ3v) is 4.63. The third kappa shape index (κ3) is 3.26. The SMILES string of the molecule is Cc1ccc(C(=O)Nc2cccc3cccnc23)c(N2CCOCC2)c1. The molecule has 1 fully saturated rings. The molecular weight excluding hydrogens is 326 g/mol. The number of nitrogens with one attached hydrogen (secondary N) is 1. The van der Waals surface area contributed by atoms with Crippen molar-refractivity contribution in [1.82, 2.24) is 4.98 Å². The van der Waals surface area contributed by atoms with E-state index >= 15 is 0 Å². The molecule has 132 valence electrons. The van der Waals surface area contributed by atoms with Crippen LogP contribution in [0, 0.1) is 6.92 Å². The smallest absolute Gasteiger partial charge is 0.257 e. The number of carbonyl (C=O) groups excluding carboxylic acids is 1. The molecule has 0 atom stereocenters. The highest BCUT2D eigenvalue weighted by Gasteiger charge is 2.19. The number of hydrogen-bond acceptors (Lipinski definition) is 4. The molecule has 0 radical (unpaired) electrons. The second-order valence-electron chi connectivity index (χ2n) is 6.45. The van der Waals surface area contributed by atoms with Crippen molar-refractivity contribution >= 4 is 28.2 Å². The van der Waals surface area contributed by atoms with Crippen molar-refractivity contribution in [1.29, 1.82) is 0 Å². The van der Waals surface area contributed by atoms with Gasteiger partial charge in [0.1, 0.15) is 0 Å². The van der Waals surface area contributed by atoms with Gasteiger partial charge in [-0.25, -0.2) is 0 Å². The lowest BCUT2D eigenvalue weighted by atomic mass is 10.1. The Balaban J connectivity index is 1.68. The summed E-state index contributed by atoms with van der Waals surface area (Å²) >= 11 is 0. The van der Waals surface area contributed by atoms with E-state index in [-0.39, 0.29) is 5.91 Å². The third-order valence-electron chi connectivity index (χ3n) is 4.63. The second kappa shape index (κ2) is 7.14. The van der Waals surface area contributed by atoms with Gasteiger partial charge in [0.25, 0.3) is 5.91 Å². The summed E-state index contributed by atoms with van der Waals surface area (Å²) in [6, 6.07) is 15.6. The number of rotatable bonds is 3. The monoisotopic (exact) mass is 347 g/mol. The highest BCUT2D eigenvalue weighted by molar-refractivity contribution is 6.11. The molecule has 2 aromatic carbocycles. The van der Waals surface area contributed by atoms with Crippen LogP contribution in [0.15, 0.2) is 54.7 Å². The van der Waals surface area contributed by atoms with Gasteiger partial charge in [-0.3, -0.25) is 9.78 Å². The number of carbonyl (C=O) groups is 1. The molecule has 1 saturated heterocycles. The quantitative estimate of drug-likeness (QED) is 0.786. The van der Waals surface area contributed by atoms with E-state index in [0.717, 1.165) is 40.9 Å². The number of amides is 1. The lowest BCUT2D eigenvalue weighted by Gasteiger charge is -2.30. The lowest BCUT2D eigenvalue weighted by Crippen LogP contribution is -2.37. The zero-order chi connectivity index (χ0) is 17.9. The molecule has 0 unspecified atom stereocenters. The number of benzene rings is 2. The summed E-state index contributed by atoms with van der Waals surface area (Å²) in [7, 11) is 0. The van der Waals surface area contributed by atoms with Gasteiger partial charge in [0.2, 0.25) is 0 Å². The number of aromatic nitrogens is 1. The zero-order valence-electron chi connectivity index (χ0n) is 14.7. The summed E-state index contributed by atoms with van der Waals surface area (Å²) in [4.78, 5) is 19.7. The van der Waals surface area contributed by atoms with Gasteiger partial charge in [-0.2, -0.15) is 0 Å². The molecule has 0 bridgehead atoms. The van der Waals surface area contributed by atoms with Crippen LogP contribution < -0.4 is 10.2 Å². The number of hydrogen-bond donors (Lipinski definition) is 1. The Morgan fingerprint density at radius 3 is 2.77 bits per heavy atom. The molecule has 1 amide bonds. The van der Waals surface area contributed by atoms with Gasteiger partial charge in [-0.1, -0.05) is 24.3 Å². The van der Waals surface area contributed by atoms with Gasteiger partial charge in [0.15, 0.2) is 0 Å². The van der Waals surface area contributed by atoms with Gasteiger partial charge in [-0.15, -0.1) is 0 Å². The number of ether oxygens (including phenoxy) is 1. The number of fused-ring (bicyclic) bond motifs is 1. The molecule has 0 aliphatic carbocycles. The Labute approximate surface area is 152 Å². The first kappa shape index (κ1) is 16.5. The van der Waals surface area contributed by atoms with E-state index in [4.69, 9.17) is 4.74 Å². The van der Waals surface area contributed by atoms with Gasteiger partial charge in [0.05, 0.1) is 30.0 Å². The number of pyridine rings is 1. The van der Waals surface area contributed by atoms with Crippen molar-refractivity contribution in [2.24, 2.45) is 0 Å². The molecule has 5 heteroatoms. The van der Waals surface area contributed by atoms with Crippen LogP contribution >= 0.6 is 0 Å². The van der Waals surface area contributed by atoms with Crippen LogP contribution in [0.2, 0.25) is 0 Å². The van der Waals surface area contributed by atoms with Crippen molar-refractivity contribution in [3.05, 3.63) is 65.9 Å². The summed E-state index contributed by atoms with van der Waals surface area (Å²) in [5, 5.41) is 4.04. The average molecular weight is 347 g/mol. The molecule has 1 N–H and O–H groups in total. The van der Waals surface area contributed by atoms with Crippen molar-refractivity contribution < 1.29 is 9.53 Å². The van der Waals surface area contributed by atoms with Gasteiger partial charge in [-0.05, 0) is 36.8 Å². The van der Waals surface area contributed by atoms with E-state index in [1.165, 1.54) is 0 Å². The minimum absolute atomic E-state index is 0.121. The van der Waals surface area contributed by atoms with Crippen LogP contribution in [0.1, 0.15) is 15.9 Å². The number of anilines is 2. The zero-order valence-corrected chi connectivity index (χ0v) is 14.7. The predicted octanol–water partition coefficient (Wildman–Crippen LogP) is 3.63. The van der Waals surface area contributed by atoms with E-state index in [0.29, 0.717) is 18.8 Å². The Hall–Kier alpha value is -2.92. The predicted molar refractivity (Wildman–Crippen MR) is 104 cm³/mol. The van der Waals surface area contributed by atoms with Crippen LogP contribution in [0.5, 0.6) is 0 Å². The van der Waals surface area contributed by atoms with E-state index in [9.17, 15) is 4.79 Å². The van der Waals surface area contributed by atoms with Crippen LogP contribution in [0.4, 0.5) is 11.4 Å². The number of aryl methyl sites for hydroxylation is 1. The summed E-state index contributed by atoms with van der Waals surface area (Å²) in [6.45, 7) is 4.99.